The van der Waals surface area contributed by atoms with Gasteiger partial charge in [0.15, 0.2) is 0 Å². The van der Waals surface area contributed by atoms with Gasteiger partial charge in [-0.15, -0.1) is 0 Å². The Bertz CT molecular complexity index is 823. The number of pyridine rings is 1. The molecule has 4 rings (SSSR count). The highest BCUT2D eigenvalue weighted by atomic mass is 16.3. The second-order valence-electron chi connectivity index (χ2n) is 7.73. The van der Waals surface area contributed by atoms with Gasteiger partial charge in [0.1, 0.15) is 6.29 Å². The second kappa shape index (κ2) is 7.79. The summed E-state index contributed by atoms with van der Waals surface area (Å²) in [5, 5.41) is 9.53. The third kappa shape index (κ3) is 3.62. The molecule has 1 aromatic carbocycles. The minimum Gasteiger partial charge on any atom is -0.395 e. The molecule has 1 N–H and O–H groups in total. The number of aliphatic hydroxyl groups is 1. The average molecular weight is 365 g/mol. The molecular formula is C22H27N3O2. The molecule has 0 saturated carbocycles. The summed E-state index contributed by atoms with van der Waals surface area (Å²) in [6.07, 6.45) is 8.91. The fourth-order valence-corrected chi connectivity index (χ4v) is 4.42. The fourth-order valence-electron chi connectivity index (χ4n) is 4.42. The lowest BCUT2D eigenvalue weighted by atomic mass is 9.93. The van der Waals surface area contributed by atoms with Crippen LogP contribution in [0.1, 0.15) is 30.4 Å². The summed E-state index contributed by atoms with van der Waals surface area (Å²) in [7, 11) is 1.99. The van der Waals surface area contributed by atoms with Gasteiger partial charge < -0.3 is 14.8 Å². The van der Waals surface area contributed by atoms with E-state index in [-0.39, 0.29) is 18.7 Å². The molecule has 2 aliphatic heterocycles. The zero-order valence-corrected chi connectivity index (χ0v) is 15.8. The Morgan fingerprint density at radius 3 is 2.93 bits per heavy atom. The molecule has 2 aromatic rings. The maximum absolute atomic E-state index is 11.2. The van der Waals surface area contributed by atoms with Crippen LogP contribution in [0.25, 0.3) is 11.1 Å². The first kappa shape index (κ1) is 18.1. The Kier molecular flexibility index (Phi) is 5.23. The number of likely N-dealkylation sites (tertiary alicyclic amines) is 1. The maximum Gasteiger partial charge on any atom is 0.142 e. The van der Waals surface area contributed by atoms with E-state index in [0.717, 1.165) is 56.3 Å². The van der Waals surface area contributed by atoms with Crippen molar-refractivity contribution in [3.63, 3.8) is 0 Å². The predicted octanol–water partition coefficient (Wildman–Crippen LogP) is 2.66. The van der Waals surface area contributed by atoms with Crippen LogP contribution in [0, 0.1) is 0 Å². The van der Waals surface area contributed by atoms with Gasteiger partial charge in [-0.1, -0.05) is 6.07 Å². The van der Waals surface area contributed by atoms with Gasteiger partial charge in [0, 0.05) is 43.3 Å². The van der Waals surface area contributed by atoms with E-state index in [4.69, 9.17) is 0 Å². The highest BCUT2D eigenvalue weighted by Crippen LogP contribution is 2.33. The Labute approximate surface area is 160 Å². The van der Waals surface area contributed by atoms with Crippen LogP contribution in [0.2, 0.25) is 0 Å². The van der Waals surface area contributed by atoms with Gasteiger partial charge in [0.05, 0.1) is 12.6 Å². The molecule has 0 spiro atoms. The van der Waals surface area contributed by atoms with Crippen LogP contribution >= 0.6 is 0 Å². The van der Waals surface area contributed by atoms with Gasteiger partial charge in [0.2, 0.25) is 0 Å². The lowest BCUT2D eigenvalue weighted by molar-refractivity contribution is -0.109. The Balaban J connectivity index is 1.57. The first-order chi connectivity index (χ1) is 13.2. The predicted molar refractivity (Wildman–Crippen MR) is 107 cm³/mol. The van der Waals surface area contributed by atoms with E-state index in [1.54, 1.807) is 0 Å². The second-order valence-corrected chi connectivity index (χ2v) is 7.73. The summed E-state index contributed by atoms with van der Waals surface area (Å²) >= 11 is 0. The number of aromatic nitrogens is 1. The van der Waals surface area contributed by atoms with Crippen LogP contribution in [-0.4, -0.2) is 53.6 Å². The molecule has 0 radical (unpaired) electrons. The molecule has 1 saturated heterocycles. The highest BCUT2D eigenvalue weighted by molar-refractivity contribution is 5.73. The number of rotatable bonds is 5. The molecule has 0 bridgehead atoms. The number of carbonyl (C=O) groups excluding carboxylic acids is 1. The molecule has 2 atom stereocenters. The van der Waals surface area contributed by atoms with Gasteiger partial charge in [-0.25, -0.2) is 0 Å². The third-order valence-corrected chi connectivity index (χ3v) is 6.05. The van der Waals surface area contributed by atoms with Crippen molar-refractivity contribution in [2.24, 2.45) is 0 Å². The summed E-state index contributed by atoms with van der Waals surface area (Å²) < 4.78 is 0. The molecule has 0 amide bonds. The minimum absolute atomic E-state index is 0.0201. The van der Waals surface area contributed by atoms with Crippen molar-refractivity contribution in [1.82, 2.24) is 9.88 Å². The lowest BCUT2D eigenvalue weighted by Gasteiger charge is -2.33. The fraction of sp³-hybridized carbons (Fsp3) is 0.455. The number of hydrogen-bond donors (Lipinski definition) is 1. The summed E-state index contributed by atoms with van der Waals surface area (Å²) in [6, 6.07) is 8.94. The molecule has 1 unspecified atom stereocenters. The van der Waals surface area contributed by atoms with Crippen molar-refractivity contribution >= 4 is 12.0 Å². The van der Waals surface area contributed by atoms with Crippen LogP contribution < -0.4 is 4.90 Å². The maximum atomic E-state index is 11.2. The first-order valence-corrected chi connectivity index (χ1v) is 9.80. The van der Waals surface area contributed by atoms with E-state index in [2.05, 4.69) is 39.0 Å². The Morgan fingerprint density at radius 1 is 1.22 bits per heavy atom. The molecule has 1 fully saturated rings. The summed E-state index contributed by atoms with van der Waals surface area (Å²) in [4.78, 5) is 20.1. The SMILES string of the molecule is CN1c2ccc(-c3cncc(CN4CCC[C@H]4CO)c3)cc2CCC1C=O. The average Bonchev–Trinajstić information content (AvgIpc) is 3.15. The largest absolute Gasteiger partial charge is 0.395 e. The van der Waals surface area contributed by atoms with Gasteiger partial charge in [-0.3, -0.25) is 9.88 Å². The zero-order chi connectivity index (χ0) is 18.8. The van der Waals surface area contributed by atoms with E-state index in [1.807, 2.05) is 19.4 Å². The van der Waals surface area contributed by atoms with Crippen LogP contribution in [0.5, 0.6) is 0 Å². The standard InChI is InChI=1S/C22H27N3O2/c1-24-20(14-26)6-4-18-10-17(5-7-22(18)24)19-9-16(11-23-12-19)13-25-8-2-3-21(25)15-27/h5,7,9-12,14,20-21,27H,2-4,6,8,13,15H2,1H3/t20?,21-/m0/s1. The summed E-state index contributed by atoms with van der Waals surface area (Å²) in [6.45, 7) is 2.10. The van der Waals surface area contributed by atoms with Crippen molar-refractivity contribution in [3.05, 3.63) is 47.8 Å². The van der Waals surface area contributed by atoms with Gasteiger partial charge in [0.25, 0.3) is 0 Å². The van der Waals surface area contributed by atoms with Crippen molar-refractivity contribution < 1.29 is 9.90 Å². The van der Waals surface area contributed by atoms with Crippen molar-refractivity contribution in [1.29, 1.82) is 0 Å². The third-order valence-electron chi connectivity index (χ3n) is 6.05. The topological polar surface area (TPSA) is 56.7 Å². The van der Waals surface area contributed by atoms with Crippen molar-refractivity contribution in [2.75, 3.05) is 25.1 Å². The number of aryl methyl sites for hydroxylation is 1. The van der Waals surface area contributed by atoms with Crippen LogP contribution in [0.3, 0.4) is 0 Å². The smallest absolute Gasteiger partial charge is 0.142 e. The van der Waals surface area contributed by atoms with Gasteiger partial charge in [-0.05, 0) is 67.1 Å². The Morgan fingerprint density at radius 2 is 2.11 bits per heavy atom. The highest BCUT2D eigenvalue weighted by Gasteiger charge is 2.24. The van der Waals surface area contributed by atoms with E-state index in [9.17, 15) is 9.90 Å². The van der Waals surface area contributed by atoms with Crippen molar-refractivity contribution in [2.45, 2.75) is 44.3 Å². The van der Waals surface area contributed by atoms with E-state index >= 15 is 0 Å². The molecule has 142 valence electrons. The van der Waals surface area contributed by atoms with E-state index in [0.29, 0.717) is 0 Å². The first-order valence-electron chi connectivity index (χ1n) is 9.80. The van der Waals surface area contributed by atoms with E-state index < -0.39 is 0 Å². The Hall–Kier alpha value is -2.24. The number of likely N-dealkylation sites (N-methyl/N-ethyl adjacent to an activating group) is 1. The number of fused-ring (bicyclic) bond motifs is 1. The number of aldehydes is 1. The van der Waals surface area contributed by atoms with E-state index in [1.165, 1.54) is 16.7 Å². The van der Waals surface area contributed by atoms with Gasteiger partial charge >= 0.3 is 0 Å². The number of benzene rings is 1. The number of aliphatic hydroxyl groups excluding tert-OH is 1. The number of anilines is 1. The minimum atomic E-state index is -0.0201. The van der Waals surface area contributed by atoms with Gasteiger partial charge in [-0.2, -0.15) is 0 Å². The number of hydrogen-bond acceptors (Lipinski definition) is 5. The van der Waals surface area contributed by atoms with Crippen LogP contribution in [0.4, 0.5) is 5.69 Å². The molecular weight excluding hydrogens is 338 g/mol. The van der Waals surface area contributed by atoms with Crippen molar-refractivity contribution in [3.8, 4) is 11.1 Å². The zero-order valence-electron chi connectivity index (χ0n) is 15.8. The quantitative estimate of drug-likeness (QED) is 0.826. The van der Waals surface area contributed by atoms with Crippen LogP contribution in [-0.2, 0) is 17.8 Å². The molecule has 27 heavy (non-hydrogen) atoms. The lowest BCUT2D eigenvalue weighted by Crippen LogP contribution is -2.37. The van der Waals surface area contributed by atoms with Crippen LogP contribution in [0.15, 0.2) is 36.7 Å². The summed E-state index contributed by atoms with van der Waals surface area (Å²) in [5.41, 5.74) is 5.91. The molecule has 1 aromatic heterocycles. The molecule has 5 nitrogen and oxygen atoms in total. The monoisotopic (exact) mass is 365 g/mol. The molecule has 0 aliphatic carbocycles. The number of carbonyl (C=O) groups is 1. The molecule has 2 aliphatic rings. The number of nitrogens with zero attached hydrogens (tertiary/aromatic N) is 3. The summed E-state index contributed by atoms with van der Waals surface area (Å²) in [5.74, 6) is 0. The molecule has 3 heterocycles. The molecule has 5 heteroatoms. The normalized spacial score (nSPS) is 22.7.